The number of amides is 1. The number of primary amides is 1. The Morgan fingerprint density at radius 3 is 2.56 bits per heavy atom. The van der Waals surface area contributed by atoms with Gasteiger partial charge < -0.3 is 10.2 Å². The summed E-state index contributed by atoms with van der Waals surface area (Å²) in [4.78, 5) is 30.0. The predicted octanol–water partition coefficient (Wildman–Crippen LogP) is 3.27. The maximum Gasteiger partial charge on any atom is 0.250 e. The van der Waals surface area contributed by atoms with Gasteiger partial charge >= 0.3 is 0 Å². The van der Waals surface area contributed by atoms with Gasteiger partial charge in [-0.1, -0.05) is 24.3 Å². The minimum Gasteiger partial charge on any atom is -0.366 e. The molecule has 0 saturated heterocycles. The largest absolute Gasteiger partial charge is 0.366 e. The van der Waals surface area contributed by atoms with E-state index in [1.54, 1.807) is 23.5 Å². The van der Waals surface area contributed by atoms with Crippen molar-refractivity contribution in [2.75, 3.05) is 20.1 Å². The number of fused-ring (bicyclic) bond motifs is 1. The van der Waals surface area contributed by atoms with Crippen molar-refractivity contribution in [2.45, 2.75) is 32.7 Å². The van der Waals surface area contributed by atoms with E-state index in [0.717, 1.165) is 46.5 Å². The molecule has 1 aromatic carbocycles. The number of carbonyl (C=O) groups is 2. The van der Waals surface area contributed by atoms with E-state index in [-0.39, 0.29) is 12.2 Å². The van der Waals surface area contributed by atoms with Crippen LogP contribution in [0.2, 0.25) is 0 Å². The van der Waals surface area contributed by atoms with E-state index in [1.807, 2.05) is 12.1 Å². The van der Waals surface area contributed by atoms with Crippen LogP contribution < -0.4 is 5.73 Å². The molecule has 5 nitrogen and oxygen atoms in total. The number of Topliss-reactive ketones (excluding diaryl/α,β-unsaturated/α-hetero) is 1. The molecule has 1 aromatic heterocycles. The van der Waals surface area contributed by atoms with Crippen LogP contribution >= 0.6 is 11.3 Å². The van der Waals surface area contributed by atoms with Gasteiger partial charge in [-0.15, -0.1) is 11.3 Å². The lowest BCUT2D eigenvalue weighted by Crippen LogP contribution is -2.47. The molecule has 0 spiro atoms. The molecule has 0 radical (unpaired) electrons. The van der Waals surface area contributed by atoms with Crippen molar-refractivity contribution in [3.05, 3.63) is 62.1 Å². The van der Waals surface area contributed by atoms with Gasteiger partial charge in [0.2, 0.25) is 5.91 Å². The van der Waals surface area contributed by atoms with E-state index in [4.69, 9.17) is 12.3 Å². The molecule has 3 rings (SSSR count). The summed E-state index contributed by atoms with van der Waals surface area (Å²) >= 11 is 1.58. The minimum atomic E-state index is -0.427. The Balaban J connectivity index is 1.81. The van der Waals surface area contributed by atoms with E-state index in [0.29, 0.717) is 17.7 Å². The number of benzene rings is 1. The van der Waals surface area contributed by atoms with Crippen LogP contribution in [0.1, 0.15) is 38.2 Å². The van der Waals surface area contributed by atoms with Gasteiger partial charge in [-0.05, 0) is 18.1 Å². The minimum absolute atomic E-state index is 0.0550. The fourth-order valence-electron chi connectivity index (χ4n) is 3.61. The summed E-state index contributed by atoms with van der Waals surface area (Å²) in [5, 5.41) is 0. The Kier molecular flexibility index (Phi) is 5.45. The van der Waals surface area contributed by atoms with Gasteiger partial charge in [0.05, 0.1) is 37.1 Å². The van der Waals surface area contributed by atoms with E-state index in [1.165, 1.54) is 4.88 Å². The molecule has 1 unspecified atom stereocenters. The highest BCUT2D eigenvalue weighted by atomic mass is 32.1. The SMILES string of the molecule is [C-]#[N+]c1ccc(CC(=O)Cc2sc3c(c2C(N)=O)CC[N+](C)(CC)C3)cc1. The van der Waals surface area contributed by atoms with Crippen molar-refractivity contribution in [1.82, 2.24) is 0 Å². The van der Waals surface area contributed by atoms with E-state index in [2.05, 4.69) is 18.8 Å². The smallest absolute Gasteiger partial charge is 0.250 e. The normalized spacial score (nSPS) is 18.6. The zero-order valence-electron chi connectivity index (χ0n) is 15.7. The molecule has 6 heteroatoms. The Morgan fingerprint density at radius 2 is 1.96 bits per heavy atom. The second-order valence-corrected chi connectivity index (χ2v) is 8.59. The predicted molar refractivity (Wildman–Crippen MR) is 107 cm³/mol. The monoisotopic (exact) mass is 382 g/mol. The fraction of sp³-hybridized carbons (Fsp3) is 0.381. The van der Waals surface area contributed by atoms with Crippen LogP contribution in [0.5, 0.6) is 0 Å². The zero-order chi connectivity index (χ0) is 19.6. The van der Waals surface area contributed by atoms with Crippen molar-refractivity contribution in [3.63, 3.8) is 0 Å². The average Bonchev–Trinajstić information content (AvgIpc) is 2.98. The number of thiophene rings is 1. The van der Waals surface area contributed by atoms with Gasteiger partial charge in [0, 0.05) is 24.1 Å². The first-order valence-corrected chi connectivity index (χ1v) is 9.91. The highest BCUT2D eigenvalue weighted by Crippen LogP contribution is 2.35. The highest BCUT2D eigenvalue weighted by molar-refractivity contribution is 7.12. The lowest BCUT2D eigenvalue weighted by molar-refractivity contribution is -0.922. The Labute approximate surface area is 163 Å². The molecule has 27 heavy (non-hydrogen) atoms. The number of hydrogen-bond acceptors (Lipinski definition) is 3. The summed E-state index contributed by atoms with van der Waals surface area (Å²) in [6.07, 6.45) is 1.36. The molecule has 1 amide bonds. The number of quaternary nitrogens is 1. The summed E-state index contributed by atoms with van der Waals surface area (Å²) in [6.45, 7) is 12.1. The number of rotatable bonds is 6. The van der Waals surface area contributed by atoms with Crippen LogP contribution in [-0.4, -0.2) is 36.3 Å². The third kappa shape index (κ3) is 4.10. The van der Waals surface area contributed by atoms with Crippen LogP contribution in [0, 0.1) is 6.57 Å². The van der Waals surface area contributed by atoms with Gasteiger partial charge in [0.15, 0.2) is 5.69 Å². The molecule has 1 aliphatic heterocycles. The van der Waals surface area contributed by atoms with Crippen molar-refractivity contribution in [2.24, 2.45) is 5.73 Å². The fourth-order valence-corrected chi connectivity index (χ4v) is 5.17. The summed E-state index contributed by atoms with van der Waals surface area (Å²) in [6, 6.07) is 7.06. The van der Waals surface area contributed by atoms with Gasteiger partial charge in [-0.2, -0.15) is 0 Å². The first-order valence-electron chi connectivity index (χ1n) is 9.10. The van der Waals surface area contributed by atoms with Crippen molar-refractivity contribution < 1.29 is 14.1 Å². The van der Waals surface area contributed by atoms with Crippen molar-refractivity contribution in [1.29, 1.82) is 0 Å². The highest BCUT2D eigenvalue weighted by Gasteiger charge is 2.33. The van der Waals surface area contributed by atoms with Crippen molar-refractivity contribution >= 4 is 28.7 Å². The maximum absolute atomic E-state index is 12.6. The summed E-state index contributed by atoms with van der Waals surface area (Å²) in [5.74, 6) is -0.372. The Hall–Kier alpha value is -2.49. The number of ketones is 1. The molecular formula is C21H24N3O2S+. The lowest BCUT2D eigenvalue weighted by atomic mass is 9.97. The van der Waals surface area contributed by atoms with Crippen LogP contribution in [0.3, 0.4) is 0 Å². The first-order chi connectivity index (χ1) is 12.8. The quantitative estimate of drug-likeness (QED) is 0.616. The summed E-state index contributed by atoms with van der Waals surface area (Å²) in [5.41, 5.74) is 8.74. The summed E-state index contributed by atoms with van der Waals surface area (Å²) in [7, 11) is 2.23. The van der Waals surface area contributed by atoms with E-state index in [9.17, 15) is 9.59 Å². The molecule has 0 saturated carbocycles. The topological polar surface area (TPSA) is 64.5 Å². The van der Waals surface area contributed by atoms with Crippen LogP contribution in [-0.2, 0) is 30.6 Å². The number of nitrogens with zero attached hydrogens (tertiary/aromatic N) is 2. The molecule has 1 atom stereocenters. The lowest BCUT2D eigenvalue weighted by Gasteiger charge is -2.36. The van der Waals surface area contributed by atoms with Gasteiger partial charge in [0.1, 0.15) is 12.3 Å². The van der Waals surface area contributed by atoms with Gasteiger partial charge in [-0.25, -0.2) is 4.85 Å². The van der Waals surface area contributed by atoms with Crippen molar-refractivity contribution in [3.8, 4) is 0 Å². The molecule has 2 heterocycles. The standard InChI is InChI=1S/C21H23N3O2S/c1-4-24(3)10-9-17-19(13-24)27-18(20(17)21(22)26)12-16(25)11-14-5-7-15(23-2)8-6-14/h5-8H,4,9-13H2,1,3H3,(H-,22,26)/p+1. The third-order valence-corrected chi connectivity index (χ3v) is 6.64. The van der Waals surface area contributed by atoms with Gasteiger partial charge in [-0.3, -0.25) is 9.59 Å². The molecule has 1 aliphatic rings. The third-order valence-electron chi connectivity index (χ3n) is 5.42. The molecule has 2 aromatic rings. The molecule has 0 aliphatic carbocycles. The van der Waals surface area contributed by atoms with E-state index < -0.39 is 5.91 Å². The molecule has 0 bridgehead atoms. The molecular weight excluding hydrogens is 358 g/mol. The van der Waals surface area contributed by atoms with E-state index >= 15 is 0 Å². The number of hydrogen-bond donors (Lipinski definition) is 1. The molecule has 2 N–H and O–H groups in total. The molecule has 140 valence electrons. The number of carbonyl (C=O) groups excluding carboxylic acids is 2. The number of nitrogens with two attached hydrogens (primary N) is 1. The average molecular weight is 383 g/mol. The summed E-state index contributed by atoms with van der Waals surface area (Å²) < 4.78 is 0.951. The second kappa shape index (κ2) is 7.63. The van der Waals surface area contributed by atoms with Gasteiger partial charge in [0.25, 0.3) is 0 Å². The van der Waals surface area contributed by atoms with Crippen LogP contribution in [0.15, 0.2) is 24.3 Å². The zero-order valence-corrected chi connectivity index (χ0v) is 16.6. The number of likely N-dealkylation sites (N-methyl/N-ethyl adjacent to an activating group) is 1. The maximum atomic E-state index is 12.6. The Bertz CT molecular complexity index is 924. The van der Waals surface area contributed by atoms with Crippen LogP contribution in [0.4, 0.5) is 5.69 Å². The molecule has 0 fully saturated rings. The van der Waals surface area contributed by atoms with Crippen LogP contribution in [0.25, 0.3) is 4.85 Å². The first kappa shape index (κ1) is 19.3. The second-order valence-electron chi connectivity index (χ2n) is 7.40. The Morgan fingerprint density at radius 1 is 1.26 bits per heavy atom.